The van der Waals surface area contributed by atoms with Crippen LogP contribution in [0, 0.1) is 52.3 Å². The largest absolute Gasteiger partial charge is 0.353 e. The lowest BCUT2D eigenvalue weighted by atomic mass is 9.44. The fourth-order valence-electron chi connectivity index (χ4n) is 13.9. The van der Waals surface area contributed by atoms with Crippen LogP contribution >= 0.6 is 0 Å². The lowest BCUT2D eigenvalue weighted by Gasteiger charge is -2.61. The van der Waals surface area contributed by atoms with Crippen LogP contribution in [-0.4, -0.2) is 103 Å². The second kappa shape index (κ2) is 13.3. The van der Waals surface area contributed by atoms with Crippen LogP contribution < -0.4 is 5.32 Å². The van der Waals surface area contributed by atoms with Crippen LogP contribution in [0.15, 0.2) is 0 Å². The Bertz CT molecular complexity index is 1220. The van der Waals surface area contributed by atoms with Gasteiger partial charge in [0, 0.05) is 50.6 Å². The number of fused-ring (bicyclic) bond motifs is 7. The van der Waals surface area contributed by atoms with Gasteiger partial charge in [-0.3, -0.25) is 14.5 Å². The zero-order valence-corrected chi connectivity index (χ0v) is 31.6. The standard InChI is InChI=1S/C41H68N4O4/c1-6-43-17-12-31(13-18-43)44-19-21-45(22-20-44)37(47)25-36(46)42-30-10-14-39(4)29(23-30)7-8-32-33(39)11-15-40(5)34(32)24-35-38(40)28(3)41(49-35)16-9-27(2)26-48-41/h27-35,38H,6-26H2,1-5H3,(H,42,46)/t27-,28-,29+,30+,32+,33?,34-,35-,38-,39-,40-,41+/m0/s1. The highest BCUT2D eigenvalue weighted by Crippen LogP contribution is 2.71. The first-order valence-electron chi connectivity index (χ1n) is 20.9. The Balaban J connectivity index is 0.822. The van der Waals surface area contributed by atoms with Gasteiger partial charge in [-0.2, -0.15) is 0 Å². The van der Waals surface area contributed by atoms with Crippen molar-refractivity contribution in [3.8, 4) is 0 Å². The number of likely N-dealkylation sites (tertiary alicyclic amines) is 1. The minimum Gasteiger partial charge on any atom is -0.353 e. The van der Waals surface area contributed by atoms with E-state index in [-0.39, 0.29) is 30.1 Å². The molecule has 8 rings (SSSR count). The van der Waals surface area contributed by atoms with Crippen molar-refractivity contribution in [3.05, 3.63) is 0 Å². The fraction of sp³-hybridized carbons (Fsp3) is 0.951. The molecule has 276 valence electrons. The van der Waals surface area contributed by atoms with Gasteiger partial charge in [0.2, 0.25) is 11.8 Å². The summed E-state index contributed by atoms with van der Waals surface area (Å²) in [5.41, 5.74) is 0.726. The Hall–Kier alpha value is -1.22. The number of piperidine rings is 1. The lowest BCUT2D eigenvalue weighted by Crippen LogP contribution is -2.56. The molecule has 49 heavy (non-hydrogen) atoms. The lowest BCUT2D eigenvalue weighted by molar-refractivity contribution is -0.273. The molecule has 8 aliphatic rings. The van der Waals surface area contributed by atoms with E-state index in [1.807, 2.05) is 4.90 Å². The summed E-state index contributed by atoms with van der Waals surface area (Å²) < 4.78 is 13.6. The third-order valence-electron chi connectivity index (χ3n) is 16.8. The molecule has 8 heteroatoms. The Morgan fingerprint density at radius 3 is 2.29 bits per heavy atom. The summed E-state index contributed by atoms with van der Waals surface area (Å²) >= 11 is 0. The predicted molar refractivity (Wildman–Crippen MR) is 192 cm³/mol. The quantitative estimate of drug-likeness (QED) is 0.363. The van der Waals surface area contributed by atoms with Crippen molar-refractivity contribution in [3.63, 3.8) is 0 Å². The first-order valence-corrected chi connectivity index (χ1v) is 20.9. The average molecular weight is 681 g/mol. The molecular weight excluding hydrogens is 612 g/mol. The maximum absolute atomic E-state index is 13.2. The molecule has 4 aliphatic carbocycles. The smallest absolute Gasteiger partial charge is 0.232 e. The van der Waals surface area contributed by atoms with Gasteiger partial charge in [-0.1, -0.05) is 34.6 Å². The van der Waals surface area contributed by atoms with Gasteiger partial charge < -0.3 is 24.6 Å². The summed E-state index contributed by atoms with van der Waals surface area (Å²) in [5.74, 6) is 4.40. The van der Waals surface area contributed by atoms with Crippen molar-refractivity contribution in [1.82, 2.24) is 20.0 Å². The molecule has 0 aromatic rings. The monoisotopic (exact) mass is 681 g/mol. The molecular formula is C41H68N4O4. The first-order chi connectivity index (χ1) is 23.5. The van der Waals surface area contributed by atoms with Crippen molar-refractivity contribution in [2.75, 3.05) is 52.4 Å². The maximum atomic E-state index is 13.2. The Morgan fingerprint density at radius 2 is 1.57 bits per heavy atom. The molecule has 1 unspecified atom stereocenters. The fourth-order valence-corrected chi connectivity index (χ4v) is 13.9. The van der Waals surface area contributed by atoms with E-state index in [1.165, 1.54) is 70.9 Å². The van der Waals surface area contributed by atoms with E-state index >= 15 is 0 Å². The molecule has 8 fully saturated rings. The Labute approximate surface area is 297 Å². The SMILES string of the molecule is CCN1CCC(N2CCN(C(=O)CC(=O)N[C@@H]3CC[C@]4(C)C5CC[C@]6(C)[C@@H]7[C@H](C[C@H]6[C@@H]5CC[C@@H]4C3)O[C@]3(CC[C@H](C)CO3)[C@H]7C)CC2)CC1. The van der Waals surface area contributed by atoms with Crippen molar-refractivity contribution < 1.29 is 19.1 Å². The highest BCUT2D eigenvalue weighted by molar-refractivity contribution is 5.97. The highest BCUT2D eigenvalue weighted by Gasteiger charge is 2.69. The van der Waals surface area contributed by atoms with Gasteiger partial charge in [-0.25, -0.2) is 0 Å². The average Bonchev–Trinajstić information content (AvgIpc) is 3.55. The summed E-state index contributed by atoms with van der Waals surface area (Å²) in [6.45, 7) is 20.0. The Morgan fingerprint density at radius 1 is 0.816 bits per heavy atom. The minimum atomic E-state index is -0.329. The van der Waals surface area contributed by atoms with Crippen LogP contribution in [-0.2, 0) is 19.1 Å². The predicted octanol–water partition coefficient (Wildman–Crippen LogP) is 5.94. The van der Waals surface area contributed by atoms with Gasteiger partial charge in [0.15, 0.2) is 5.79 Å². The van der Waals surface area contributed by atoms with Crippen molar-refractivity contribution in [1.29, 1.82) is 0 Å². The summed E-state index contributed by atoms with van der Waals surface area (Å²) in [4.78, 5) is 33.5. The summed E-state index contributed by atoms with van der Waals surface area (Å²) in [6, 6.07) is 0.862. The third-order valence-corrected chi connectivity index (χ3v) is 16.8. The van der Waals surface area contributed by atoms with E-state index < -0.39 is 0 Å². The van der Waals surface area contributed by atoms with Crippen LogP contribution in [0.2, 0.25) is 0 Å². The van der Waals surface area contributed by atoms with E-state index in [0.29, 0.717) is 46.6 Å². The summed E-state index contributed by atoms with van der Waals surface area (Å²) in [5, 5.41) is 3.36. The number of ether oxygens (including phenoxy) is 2. The second-order valence-electron chi connectivity index (χ2n) is 19.0. The number of carbonyl (C=O) groups is 2. The van der Waals surface area contributed by atoms with Crippen LogP contribution in [0.1, 0.15) is 118 Å². The van der Waals surface area contributed by atoms with Gasteiger partial charge in [0.1, 0.15) is 6.42 Å². The number of hydrogen-bond acceptors (Lipinski definition) is 6. The molecule has 4 heterocycles. The van der Waals surface area contributed by atoms with Crippen LogP contribution in [0.4, 0.5) is 0 Å². The number of carbonyl (C=O) groups excluding carboxylic acids is 2. The molecule has 2 amide bonds. The van der Waals surface area contributed by atoms with Crippen molar-refractivity contribution >= 4 is 11.8 Å². The zero-order valence-electron chi connectivity index (χ0n) is 31.6. The van der Waals surface area contributed by atoms with Gasteiger partial charge >= 0.3 is 0 Å². The van der Waals surface area contributed by atoms with E-state index in [1.54, 1.807) is 0 Å². The molecule has 0 aromatic carbocycles. The van der Waals surface area contributed by atoms with Crippen molar-refractivity contribution in [2.45, 2.75) is 142 Å². The molecule has 4 aliphatic heterocycles. The molecule has 4 saturated heterocycles. The summed E-state index contributed by atoms with van der Waals surface area (Å²) in [6.07, 6.45) is 15.0. The summed E-state index contributed by atoms with van der Waals surface area (Å²) in [7, 11) is 0. The number of hydrogen-bond donors (Lipinski definition) is 1. The number of piperazine rings is 1. The number of nitrogens with one attached hydrogen (secondary N) is 1. The maximum Gasteiger partial charge on any atom is 0.232 e. The normalized spacial score (nSPS) is 47.7. The highest BCUT2D eigenvalue weighted by atomic mass is 16.7. The Kier molecular flexibility index (Phi) is 9.47. The molecule has 0 radical (unpaired) electrons. The van der Waals surface area contributed by atoms with Gasteiger partial charge in [0.05, 0.1) is 12.7 Å². The van der Waals surface area contributed by atoms with Gasteiger partial charge in [0.25, 0.3) is 0 Å². The number of rotatable bonds is 5. The number of amides is 2. The second-order valence-corrected chi connectivity index (χ2v) is 19.0. The third kappa shape index (κ3) is 6.02. The van der Waals surface area contributed by atoms with Gasteiger partial charge in [-0.15, -0.1) is 0 Å². The molecule has 1 N–H and O–H groups in total. The molecule has 12 atom stereocenters. The molecule has 0 aromatic heterocycles. The molecule has 1 spiro atoms. The first kappa shape index (κ1) is 34.8. The van der Waals surface area contributed by atoms with Crippen LogP contribution in [0.3, 0.4) is 0 Å². The van der Waals surface area contributed by atoms with E-state index in [4.69, 9.17) is 9.47 Å². The molecule has 8 nitrogen and oxygen atoms in total. The topological polar surface area (TPSA) is 74.4 Å². The van der Waals surface area contributed by atoms with Gasteiger partial charge in [-0.05, 0) is 137 Å². The zero-order chi connectivity index (χ0) is 34.1. The molecule has 0 bridgehead atoms. The van der Waals surface area contributed by atoms with Crippen molar-refractivity contribution in [2.24, 2.45) is 52.3 Å². The van der Waals surface area contributed by atoms with Crippen LogP contribution in [0.5, 0.6) is 0 Å². The van der Waals surface area contributed by atoms with Crippen LogP contribution in [0.25, 0.3) is 0 Å². The minimum absolute atomic E-state index is 0.00641. The van der Waals surface area contributed by atoms with E-state index in [0.717, 1.165) is 76.3 Å². The van der Waals surface area contributed by atoms with E-state index in [9.17, 15) is 9.59 Å². The molecule has 4 saturated carbocycles. The van der Waals surface area contributed by atoms with E-state index in [2.05, 4.69) is 49.7 Å². The number of nitrogens with zero attached hydrogens (tertiary/aromatic N) is 3.